The van der Waals surface area contributed by atoms with Gasteiger partial charge in [0.2, 0.25) is 0 Å². The minimum Gasteiger partial charge on any atom is -0.476 e. The zero-order chi connectivity index (χ0) is 17.1. The van der Waals surface area contributed by atoms with E-state index in [4.69, 9.17) is 16.7 Å². The number of hydrogen-bond donors (Lipinski definition) is 1. The topological polar surface area (TPSA) is 86.6 Å². The molecule has 2 aromatic rings. The SMILES string of the molecule is O=C(O)c1nccnc1C(=O)N1CCN(c2cccc(Cl)c2)CC1. The average Bonchev–Trinajstić information content (AvgIpc) is 2.61. The third kappa shape index (κ3) is 3.30. The molecule has 8 heteroatoms. The summed E-state index contributed by atoms with van der Waals surface area (Å²) in [5.74, 6) is -1.67. The van der Waals surface area contributed by atoms with Gasteiger partial charge in [-0.1, -0.05) is 17.7 Å². The molecular weight excluding hydrogens is 332 g/mol. The number of aromatic carboxylic acids is 1. The Morgan fingerprint density at radius 2 is 1.71 bits per heavy atom. The average molecular weight is 347 g/mol. The number of carboxylic acids is 1. The van der Waals surface area contributed by atoms with Crippen molar-refractivity contribution in [3.8, 4) is 0 Å². The third-order valence-electron chi connectivity index (χ3n) is 3.84. The van der Waals surface area contributed by atoms with E-state index in [0.29, 0.717) is 31.2 Å². The van der Waals surface area contributed by atoms with Crippen LogP contribution in [-0.2, 0) is 0 Å². The van der Waals surface area contributed by atoms with Crippen molar-refractivity contribution in [3.63, 3.8) is 0 Å². The number of piperazine rings is 1. The van der Waals surface area contributed by atoms with Gasteiger partial charge in [-0.2, -0.15) is 0 Å². The molecule has 1 aromatic carbocycles. The van der Waals surface area contributed by atoms with Gasteiger partial charge in [-0.25, -0.2) is 14.8 Å². The molecule has 1 aliphatic heterocycles. The number of nitrogens with zero attached hydrogens (tertiary/aromatic N) is 4. The van der Waals surface area contributed by atoms with E-state index >= 15 is 0 Å². The molecule has 124 valence electrons. The fraction of sp³-hybridized carbons (Fsp3) is 0.250. The normalized spacial score (nSPS) is 14.5. The van der Waals surface area contributed by atoms with Gasteiger partial charge >= 0.3 is 5.97 Å². The molecule has 24 heavy (non-hydrogen) atoms. The first-order valence-electron chi connectivity index (χ1n) is 7.40. The molecule has 0 spiro atoms. The first-order valence-corrected chi connectivity index (χ1v) is 7.78. The number of carboxylic acid groups (broad SMARTS) is 1. The molecule has 0 bridgehead atoms. The molecule has 0 unspecified atom stereocenters. The predicted octanol–water partition coefficient (Wildman–Crippen LogP) is 1.79. The Labute approximate surface area is 143 Å². The molecule has 1 amide bonds. The summed E-state index contributed by atoms with van der Waals surface area (Å²) in [5.41, 5.74) is 0.557. The van der Waals surface area contributed by atoms with Crippen molar-refractivity contribution in [1.82, 2.24) is 14.9 Å². The standard InChI is InChI=1S/C16H15ClN4O3/c17-11-2-1-3-12(10-11)20-6-8-21(9-7-20)15(22)13-14(16(23)24)19-5-4-18-13/h1-5,10H,6-9H2,(H,23,24). The Kier molecular flexibility index (Phi) is 4.61. The Morgan fingerprint density at radius 3 is 2.33 bits per heavy atom. The molecule has 0 saturated carbocycles. The summed E-state index contributed by atoms with van der Waals surface area (Å²) < 4.78 is 0. The lowest BCUT2D eigenvalue weighted by atomic mass is 10.2. The zero-order valence-electron chi connectivity index (χ0n) is 12.7. The van der Waals surface area contributed by atoms with Crippen LogP contribution in [0.5, 0.6) is 0 Å². The number of benzene rings is 1. The highest BCUT2D eigenvalue weighted by molar-refractivity contribution is 6.30. The lowest BCUT2D eigenvalue weighted by Gasteiger charge is -2.36. The molecule has 0 atom stereocenters. The molecule has 1 aromatic heterocycles. The van der Waals surface area contributed by atoms with E-state index in [1.165, 1.54) is 12.4 Å². The van der Waals surface area contributed by atoms with Crippen molar-refractivity contribution in [3.05, 3.63) is 53.1 Å². The van der Waals surface area contributed by atoms with Gasteiger partial charge in [-0.15, -0.1) is 0 Å². The number of hydrogen-bond acceptors (Lipinski definition) is 5. The minimum absolute atomic E-state index is 0.124. The van der Waals surface area contributed by atoms with E-state index in [0.717, 1.165) is 5.69 Å². The molecule has 1 fully saturated rings. The summed E-state index contributed by atoms with van der Waals surface area (Å²) in [6.07, 6.45) is 2.58. The van der Waals surface area contributed by atoms with Crippen LogP contribution >= 0.6 is 11.6 Å². The number of carbonyl (C=O) groups is 2. The van der Waals surface area contributed by atoms with Crippen LogP contribution < -0.4 is 4.90 Å². The minimum atomic E-state index is -1.26. The highest BCUT2D eigenvalue weighted by atomic mass is 35.5. The van der Waals surface area contributed by atoms with Gasteiger partial charge in [0.15, 0.2) is 11.4 Å². The van der Waals surface area contributed by atoms with Gasteiger partial charge in [0.05, 0.1) is 0 Å². The van der Waals surface area contributed by atoms with E-state index < -0.39 is 11.9 Å². The molecule has 1 saturated heterocycles. The largest absolute Gasteiger partial charge is 0.476 e. The lowest BCUT2D eigenvalue weighted by molar-refractivity contribution is 0.0663. The van der Waals surface area contributed by atoms with Crippen molar-refractivity contribution in [2.75, 3.05) is 31.1 Å². The lowest BCUT2D eigenvalue weighted by Crippen LogP contribution is -2.49. The van der Waals surface area contributed by atoms with Crippen LogP contribution in [0.4, 0.5) is 5.69 Å². The third-order valence-corrected chi connectivity index (χ3v) is 4.08. The Balaban J connectivity index is 1.71. The second-order valence-corrected chi connectivity index (χ2v) is 5.75. The number of halogens is 1. The van der Waals surface area contributed by atoms with E-state index in [2.05, 4.69) is 14.9 Å². The number of carbonyl (C=O) groups excluding carboxylic acids is 1. The second-order valence-electron chi connectivity index (χ2n) is 5.32. The van der Waals surface area contributed by atoms with Crippen LogP contribution in [0.2, 0.25) is 5.02 Å². The molecule has 1 N–H and O–H groups in total. The highest BCUT2D eigenvalue weighted by Crippen LogP contribution is 2.21. The van der Waals surface area contributed by atoms with Crippen molar-refractivity contribution >= 4 is 29.2 Å². The van der Waals surface area contributed by atoms with Crippen LogP contribution in [0.3, 0.4) is 0 Å². The number of aromatic nitrogens is 2. The van der Waals surface area contributed by atoms with Crippen LogP contribution in [0, 0.1) is 0 Å². The molecule has 0 radical (unpaired) electrons. The van der Waals surface area contributed by atoms with E-state index in [-0.39, 0.29) is 11.4 Å². The van der Waals surface area contributed by atoms with E-state index in [1.54, 1.807) is 4.90 Å². The van der Waals surface area contributed by atoms with Crippen LogP contribution in [0.1, 0.15) is 21.0 Å². The van der Waals surface area contributed by atoms with Crippen molar-refractivity contribution in [2.24, 2.45) is 0 Å². The second kappa shape index (κ2) is 6.84. The first-order chi connectivity index (χ1) is 11.6. The molecule has 3 rings (SSSR count). The summed E-state index contributed by atoms with van der Waals surface area (Å²) in [5, 5.41) is 9.80. The Morgan fingerprint density at radius 1 is 1.04 bits per heavy atom. The first kappa shape index (κ1) is 16.2. The fourth-order valence-corrected chi connectivity index (χ4v) is 2.83. The summed E-state index contributed by atoms with van der Waals surface area (Å²) in [6.45, 7) is 2.21. The molecule has 0 aliphatic carbocycles. The van der Waals surface area contributed by atoms with Crippen molar-refractivity contribution in [1.29, 1.82) is 0 Å². The van der Waals surface area contributed by atoms with Gasteiger partial charge in [-0.05, 0) is 18.2 Å². The zero-order valence-corrected chi connectivity index (χ0v) is 13.5. The monoisotopic (exact) mass is 346 g/mol. The van der Waals surface area contributed by atoms with E-state index in [1.807, 2.05) is 24.3 Å². The summed E-state index contributed by atoms with van der Waals surface area (Å²) >= 11 is 6.01. The molecule has 1 aliphatic rings. The van der Waals surface area contributed by atoms with E-state index in [9.17, 15) is 9.59 Å². The Hall–Kier alpha value is -2.67. The van der Waals surface area contributed by atoms with Crippen molar-refractivity contribution < 1.29 is 14.7 Å². The summed E-state index contributed by atoms with van der Waals surface area (Å²) in [4.78, 5) is 35.1. The highest BCUT2D eigenvalue weighted by Gasteiger charge is 2.27. The fourth-order valence-electron chi connectivity index (χ4n) is 2.64. The van der Waals surface area contributed by atoms with Gasteiger partial charge < -0.3 is 14.9 Å². The summed E-state index contributed by atoms with van der Waals surface area (Å²) in [7, 11) is 0. The predicted molar refractivity (Wildman–Crippen MR) is 88.6 cm³/mol. The van der Waals surface area contributed by atoms with Gasteiger partial charge in [0, 0.05) is 49.3 Å². The Bertz CT molecular complexity index is 775. The number of anilines is 1. The maximum Gasteiger partial charge on any atom is 0.356 e. The van der Waals surface area contributed by atoms with Crippen LogP contribution in [-0.4, -0.2) is 58.0 Å². The molecule has 7 nitrogen and oxygen atoms in total. The molecular formula is C16H15ClN4O3. The number of amides is 1. The van der Waals surface area contributed by atoms with Crippen LogP contribution in [0.25, 0.3) is 0 Å². The van der Waals surface area contributed by atoms with Gasteiger partial charge in [0.25, 0.3) is 5.91 Å². The molecule has 2 heterocycles. The smallest absolute Gasteiger partial charge is 0.356 e. The maximum absolute atomic E-state index is 12.5. The number of rotatable bonds is 3. The van der Waals surface area contributed by atoms with Gasteiger partial charge in [-0.3, -0.25) is 4.79 Å². The van der Waals surface area contributed by atoms with Crippen LogP contribution in [0.15, 0.2) is 36.7 Å². The van der Waals surface area contributed by atoms with Crippen molar-refractivity contribution in [2.45, 2.75) is 0 Å². The van der Waals surface area contributed by atoms with Gasteiger partial charge in [0.1, 0.15) is 0 Å². The quantitative estimate of drug-likeness (QED) is 0.911. The maximum atomic E-state index is 12.5. The summed E-state index contributed by atoms with van der Waals surface area (Å²) in [6, 6.07) is 7.54.